The molecule has 1 aromatic rings. The van der Waals surface area contributed by atoms with Crippen LogP contribution in [0.3, 0.4) is 0 Å². The molecule has 2 rings (SSSR count). The van der Waals surface area contributed by atoms with E-state index < -0.39 is 0 Å². The summed E-state index contributed by atoms with van der Waals surface area (Å²) in [4.78, 5) is 4.21. The van der Waals surface area contributed by atoms with Crippen LogP contribution in [-0.4, -0.2) is 25.1 Å². The molecule has 0 spiro atoms. The summed E-state index contributed by atoms with van der Waals surface area (Å²) in [6.07, 6.45) is 5.05. The second-order valence-corrected chi connectivity index (χ2v) is 3.99. The molecule has 0 fully saturated rings. The lowest BCUT2D eigenvalue weighted by Gasteiger charge is -2.09. The molecule has 17 heavy (non-hydrogen) atoms. The van der Waals surface area contributed by atoms with Gasteiger partial charge in [-0.15, -0.1) is 0 Å². The van der Waals surface area contributed by atoms with Crippen LogP contribution < -0.4 is 10.5 Å². The van der Waals surface area contributed by atoms with Crippen molar-refractivity contribution >= 4 is 29.2 Å². The number of aliphatic imine (C=N–C) groups is 1. The number of benzene rings is 1. The number of halogens is 1. The first-order chi connectivity index (χ1) is 8.20. The molecule has 4 nitrogen and oxygen atoms in total. The highest BCUT2D eigenvalue weighted by Crippen LogP contribution is 2.29. The highest BCUT2D eigenvalue weighted by molar-refractivity contribution is 6.32. The van der Waals surface area contributed by atoms with Crippen molar-refractivity contribution in [3.8, 4) is 5.75 Å². The van der Waals surface area contributed by atoms with Crippen molar-refractivity contribution in [3.05, 3.63) is 34.9 Å². The fraction of sp³-hybridized carbons (Fsp3) is 0.167. The van der Waals surface area contributed by atoms with Crippen molar-refractivity contribution in [2.75, 3.05) is 18.9 Å². The van der Waals surface area contributed by atoms with E-state index in [1.54, 1.807) is 12.1 Å². The van der Waals surface area contributed by atoms with E-state index in [0.29, 0.717) is 35.2 Å². The van der Waals surface area contributed by atoms with Crippen molar-refractivity contribution in [1.82, 2.24) is 0 Å². The van der Waals surface area contributed by atoms with Crippen LogP contribution in [0.5, 0.6) is 5.75 Å². The molecule has 1 aliphatic rings. The smallest absolute Gasteiger partial charge is 0.140 e. The fourth-order valence-electron chi connectivity index (χ4n) is 1.48. The van der Waals surface area contributed by atoms with E-state index in [1.165, 1.54) is 0 Å². The molecule has 0 saturated carbocycles. The summed E-state index contributed by atoms with van der Waals surface area (Å²) in [5, 5.41) is 7.60. The zero-order chi connectivity index (χ0) is 12.3. The number of nitrogen functional groups attached to an aromatic ring is 1. The van der Waals surface area contributed by atoms with E-state index in [4.69, 9.17) is 27.5 Å². The first kappa shape index (κ1) is 11.7. The minimum absolute atomic E-state index is 0.375. The van der Waals surface area contributed by atoms with Crippen LogP contribution in [0.1, 0.15) is 5.56 Å². The Bertz CT molecular complexity index is 509. The number of ether oxygens (including phenoxy) is 1. The van der Waals surface area contributed by atoms with Crippen molar-refractivity contribution in [1.29, 1.82) is 5.41 Å². The quantitative estimate of drug-likeness (QED) is 0.635. The van der Waals surface area contributed by atoms with Gasteiger partial charge in [0.1, 0.15) is 12.4 Å². The Labute approximate surface area is 104 Å². The van der Waals surface area contributed by atoms with E-state index in [2.05, 4.69) is 4.99 Å². The van der Waals surface area contributed by atoms with Gasteiger partial charge in [-0.05, 0) is 12.1 Å². The molecule has 0 aromatic heterocycles. The average Bonchev–Trinajstić information content (AvgIpc) is 2.82. The van der Waals surface area contributed by atoms with Gasteiger partial charge in [0.2, 0.25) is 0 Å². The molecule has 0 aliphatic carbocycles. The van der Waals surface area contributed by atoms with Crippen molar-refractivity contribution in [2.45, 2.75) is 0 Å². The minimum atomic E-state index is 0.375. The molecule has 0 saturated heterocycles. The van der Waals surface area contributed by atoms with E-state index >= 15 is 0 Å². The van der Waals surface area contributed by atoms with Crippen LogP contribution >= 0.6 is 11.6 Å². The number of hydrogen-bond acceptors (Lipinski definition) is 4. The number of nitrogens with zero attached hydrogens (tertiary/aromatic N) is 1. The molecule has 0 atom stereocenters. The molecule has 88 valence electrons. The number of nitrogens with two attached hydrogens (primary N) is 1. The molecule has 0 unspecified atom stereocenters. The molecule has 1 aliphatic heterocycles. The Kier molecular flexibility index (Phi) is 3.44. The Morgan fingerprint density at radius 3 is 3.00 bits per heavy atom. The fourth-order valence-corrected chi connectivity index (χ4v) is 1.70. The van der Waals surface area contributed by atoms with E-state index in [9.17, 15) is 0 Å². The standard InChI is InChI=1S/C12H12ClN3O/c13-10-4-8(6-14)11(15)5-12(10)17-7-9-2-1-3-16-9/h1-2,4-6,14H,3,7,15H2. The van der Waals surface area contributed by atoms with Crippen LogP contribution in [0.15, 0.2) is 29.3 Å². The summed E-state index contributed by atoms with van der Waals surface area (Å²) in [5.74, 6) is 0.512. The van der Waals surface area contributed by atoms with E-state index in [1.807, 2.05) is 12.2 Å². The van der Waals surface area contributed by atoms with Crippen molar-refractivity contribution < 1.29 is 4.74 Å². The minimum Gasteiger partial charge on any atom is -0.486 e. The number of nitrogens with one attached hydrogen (secondary N) is 1. The summed E-state index contributed by atoms with van der Waals surface area (Å²) in [6.45, 7) is 1.08. The lowest BCUT2D eigenvalue weighted by atomic mass is 10.2. The molecule has 0 amide bonds. The van der Waals surface area contributed by atoms with Crippen LogP contribution in [0, 0.1) is 5.41 Å². The van der Waals surface area contributed by atoms with Gasteiger partial charge in [-0.3, -0.25) is 4.99 Å². The highest BCUT2D eigenvalue weighted by atomic mass is 35.5. The van der Waals surface area contributed by atoms with Gasteiger partial charge >= 0.3 is 0 Å². The Balaban J connectivity index is 2.13. The van der Waals surface area contributed by atoms with Gasteiger partial charge in [0.05, 0.1) is 17.3 Å². The van der Waals surface area contributed by atoms with Crippen LogP contribution in [0.4, 0.5) is 5.69 Å². The number of rotatable bonds is 4. The predicted octanol–water partition coefficient (Wildman–Crippen LogP) is 2.31. The average molecular weight is 250 g/mol. The third kappa shape index (κ3) is 2.65. The summed E-state index contributed by atoms with van der Waals surface area (Å²) < 4.78 is 5.53. The maximum Gasteiger partial charge on any atom is 0.140 e. The largest absolute Gasteiger partial charge is 0.486 e. The van der Waals surface area contributed by atoms with Crippen LogP contribution in [0.25, 0.3) is 0 Å². The van der Waals surface area contributed by atoms with Gasteiger partial charge in [-0.2, -0.15) is 0 Å². The van der Waals surface area contributed by atoms with Gasteiger partial charge in [-0.25, -0.2) is 0 Å². The van der Waals surface area contributed by atoms with Gasteiger partial charge in [0, 0.05) is 23.5 Å². The lowest BCUT2D eigenvalue weighted by molar-refractivity contribution is 0.378. The summed E-state index contributed by atoms with van der Waals surface area (Å²) in [5.41, 5.74) is 7.69. The normalized spacial score (nSPS) is 13.6. The maximum atomic E-state index is 7.16. The van der Waals surface area contributed by atoms with E-state index in [0.717, 1.165) is 11.9 Å². The Morgan fingerprint density at radius 2 is 2.35 bits per heavy atom. The highest BCUT2D eigenvalue weighted by Gasteiger charge is 2.08. The summed E-state index contributed by atoms with van der Waals surface area (Å²) in [6, 6.07) is 3.24. The van der Waals surface area contributed by atoms with Crippen LogP contribution in [0.2, 0.25) is 5.02 Å². The Hall–Kier alpha value is -1.81. The second kappa shape index (κ2) is 5.01. The van der Waals surface area contributed by atoms with E-state index in [-0.39, 0.29) is 0 Å². The lowest BCUT2D eigenvalue weighted by Crippen LogP contribution is -2.08. The third-order valence-electron chi connectivity index (χ3n) is 2.38. The predicted molar refractivity (Wildman–Crippen MR) is 70.7 cm³/mol. The second-order valence-electron chi connectivity index (χ2n) is 3.58. The van der Waals surface area contributed by atoms with Crippen LogP contribution in [-0.2, 0) is 0 Å². The van der Waals surface area contributed by atoms with Crippen molar-refractivity contribution in [2.24, 2.45) is 4.99 Å². The summed E-state index contributed by atoms with van der Waals surface area (Å²) >= 11 is 6.02. The molecule has 1 aromatic carbocycles. The first-order valence-corrected chi connectivity index (χ1v) is 5.50. The molecule has 3 N–H and O–H groups in total. The first-order valence-electron chi connectivity index (χ1n) is 5.13. The summed E-state index contributed by atoms with van der Waals surface area (Å²) in [7, 11) is 0. The SMILES string of the molecule is N=Cc1cc(Cl)c(OCC2=NCC=C2)cc1N. The number of hydrogen-bond donors (Lipinski definition) is 2. The molecular formula is C12H12ClN3O. The van der Waals surface area contributed by atoms with Gasteiger partial charge < -0.3 is 15.9 Å². The zero-order valence-electron chi connectivity index (χ0n) is 9.11. The topological polar surface area (TPSA) is 71.5 Å². The maximum absolute atomic E-state index is 7.16. The number of anilines is 1. The molecular weight excluding hydrogens is 238 g/mol. The molecule has 1 heterocycles. The molecule has 0 radical (unpaired) electrons. The zero-order valence-corrected chi connectivity index (χ0v) is 9.87. The Morgan fingerprint density at radius 1 is 1.53 bits per heavy atom. The molecule has 5 heteroatoms. The van der Waals surface area contributed by atoms with Crippen molar-refractivity contribution in [3.63, 3.8) is 0 Å². The monoisotopic (exact) mass is 249 g/mol. The molecule has 0 bridgehead atoms. The van der Waals surface area contributed by atoms with Gasteiger partial charge in [0.15, 0.2) is 0 Å². The van der Waals surface area contributed by atoms with Gasteiger partial charge in [0.25, 0.3) is 0 Å². The van der Waals surface area contributed by atoms with Gasteiger partial charge in [-0.1, -0.05) is 17.7 Å². The third-order valence-corrected chi connectivity index (χ3v) is 2.67.